The largest absolute Gasteiger partial charge is 0.310 e. The monoisotopic (exact) mass is 1070 g/mol. The highest BCUT2D eigenvalue weighted by Gasteiger charge is 2.23. The van der Waals surface area contributed by atoms with Crippen molar-refractivity contribution in [3.05, 3.63) is 327 Å². The van der Waals surface area contributed by atoms with E-state index in [0.717, 1.165) is 33.8 Å². The number of nitrogens with zero attached hydrogens (tertiary/aromatic N) is 2. The highest BCUT2D eigenvalue weighted by molar-refractivity contribution is 6.22. The maximum Gasteiger partial charge on any atom is 0.0541 e. The number of benzene rings is 14. The van der Waals surface area contributed by atoms with E-state index in [4.69, 9.17) is 0 Å². The first-order valence-corrected chi connectivity index (χ1v) is 29.1. The predicted octanol–water partition coefficient (Wildman–Crippen LogP) is 22.8. The maximum atomic E-state index is 2.45. The van der Waals surface area contributed by atoms with Gasteiger partial charge in [0.05, 0.1) is 11.0 Å². The second-order valence-electron chi connectivity index (χ2n) is 22.1. The van der Waals surface area contributed by atoms with Crippen LogP contribution in [0.4, 0.5) is 17.1 Å². The van der Waals surface area contributed by atoms with Gasteiger partial charge in [0.1, 0.15) is 0 Å². The molecule has 0 amide bonds. The van der Waals surface area contributed by atoms with Crippen LogP contribution in [0.2, 0.25) is 0 Å². The van der Waals surface area contributed by atoms with E-state index < -0.39 is 0 Å². The molecule has 0 saturated carbocycles. The number of hydrogen-bond acceptors (Lipinski definition) is 1. The zero-order chi connectivity index (χ0) is 56.1. The van der Waals surface area contributed by atoms with Crippen LogP contribution in [-0.4, -0.2) is 4.57 Å². The molecule has 0 saturated heterocycles. The summed E-state index contributed by atoms with van der Waals surface area (Å²) in [4.78, 5) is 2.42. The summed E-state index contributed by atoms with van der Waals surface area (Å²) in [6.07, 6.45) is 0. The summed E-state index contributed by atoms with van der Waals surface area (Å²) in [5.74, 6) is 0. The topological polar surface area (TPSA) is 8.17 Å². The number of aryl methyl sites for hydroxylation is 2. The number of para-hydroxylation sites is 1. The Bertz CT molecular complexity index is 4750. The quantitative estimate of drug-likeness (QED) is 0.117. The Labute approximate surface area is 491 Å². The van der Waals surface area contributed by atoms with Gasteiger partial charge in [0.2, 0.25) is 0 Å². The van der Waals surface area contributed by atoms with E-state index in [2.05, 4.69) is 339 Å². The zero-order valence-corrected chi connectivity index (χ0v) is 46.9. The fraction of sp³-hybridized carbons (Fsp3) is 0.0244. The third-order valence-corrected chi connectivity index (χ3v) is 17.0. The number of fused-ring (bicyclic) bond motifs is 5. The van der Waals surface area contributed by atoms with Gasteiger partial charge in [-0.1, -0.05) is 237 Å². The van der Waals surface area contributed by atoms with Gasteiger partial charge in [-0.15, -0.1) is 0 Å². The fourth-order valence-electron chi connectivity index (χ4n) is 13.1. The van der Waals surface area contributed by atoms with Crippen LogP contribution >= 0.6 is 0 Å². The molecule has 396 valence electrons. The van der Waals surface area contributed by atoms with Crippen molar-refractivity contribution in [1.82, 2.24) is 4.57 Å². The molecule has 2 nitrogen and oxygen atoms in total. The van der Waals surface area contributed by atoms with Crippen LogP contribution in [0.15, 0.2) is 315 Å². The number of hydrogen-bond donors (Lipinski definition) is 0. The summed E-state index contributed by atoms with van der Waals surface area (Å²) in [5.41, 5.74) is 26.2. The highest BCUT2D eigenvalue weighted by atomic mass is 15.1. The van der Waals surface area contributed by atoms with E-state index in [9.17, 15) is 0 Å². The van der Waals surface area contributed by atoms with Crippen molar-refractivity contribution in [2.24, 2.45) is 0 Å². The van der Waals surface area contributed by atoms with Crippen LogP contribution in [0.1, 0.15) is 11.1 Å². The number of aromatic nitrogens is 1. The molecule has 0 spiro atoms. The Morgan fingerprint density at radius 1 is 0.238 bits per heavy atom. The molecule has 0 aliphatic rings. The van der Waals surface area contributed by atoms with Crippen molar-refractivity contribution < 1.29 is 0 Å². The normalized spacial score (nSPS) is 11.5. The lowest BCUT2D eigenvalue weighted by atomic mass is 9.84. The van der Waals surface area contributed by atoms with E-state index in [-0.39, 0.29) is 0 Å². The summed E-state index contributed by atoms with van der Waals surface area (Å²) in [6.45, 7) is 4.55. The summed E-state index contributed by atoms with van der Waals surface area (Å²) in [6, 6.07) is 116. The molecule has 0 unspecified atom stereocenters. The van der Waals surface area contributed by atoms with E-state index in [1.165, 1.54) is 121 Å². The summed E-state index contributed by atoms with van der Waals surface area (Å²) >= 11 is 0. The lowest BCUT2D eigenvalue weighted by Crippen LogP contribution is -2.12. The summed E-state index contributed by atoms with van der Waals surface area (Å²) < 4.78 is 2.45. The van der Waals surface area contributed by atoms with Crippen LogP contribution in [0, 0.1) is 13.8 Å². The minimum absolute atomic E-state index is 1.08. The highest BCUT2D eigenvalue weighted by Crippen LogP contribution is 2.48. The minimum atomic E-state index is 1.08. The van der Waals surface area contributed by atoms with Crippen molar-refractivity contribution in [1.29, 1.82) is 0 Å². The van der Waals surface area contributed by atoms with Crippen LogP contribution in [0.5, 0.6) is 0 Å². The van der Waals surface area contributed by atoms with Crippen molar-refractivity contribution >= 4 is 60.4 Å². The van der Waals surface area contributed by atoms with Gasteiger partial charge in [0, 0.05) is 33.5 Å². The Balaban J connectivity index is 0.857. The Hall–Kier alpha value is -10.8. The third-order valence-electron chi connectivity index (χ3n) is 17.0. The minimum Gasteiger partial charge on any atom is -0.310 e. The molecule has 0 aliphatic heterocycles. The molecule has 0 atom stereocenters. The molecule has 0 N–H and O–H groups in total. The molecular formula is C82H58N2. The molecule has 0 aliphatic carbocycles. The Morgan fingerprint density at radius 3 is 1.15 bits per heavy atom. The van der Waals surface area contributed by atoms with Gasteiger partial charge in [-0.25, -0.2) is 0 Å². The second kappa shape index (κ2) is 21.3. The molecule has 84 heavy (non-hydrogen) atoms. The standard InChI is InChI=1S/C82H58N2/c1-55-51-80(56(2)50-75(55)82-73-40-21-19-38-71(73)81(72-39-20-22-41-74(72)82)63-31-23-30-60(52-63)57-24-7-3-8-25-57)83(64-32-13-6-14-33-64)65-44-46-66(47-45-65)84-78-48-42-61(69-36-17-15-34-67(69)58-26-9-4-10-27-58)53-76(78)77-54-62(43-49-79(77)84)70-37-18-16-35-68(70)59-28-11-5-12-29-59/h3-54H,1-2H3. The molecular weight excluding hydrogens is 1010 g/mol. The van der Waals surface area contributed by atoms with Gasteiger partial charge >= 0.3 is 0 Å². The van der Waals surface area contributed by atoms with Gasteiger partial charge in [-0.2, -0.15) is 0 Å². The van der Waals surface area contributed by atoms with Crippen molar-refractivity contribution in [3.63, 3.8) is 0 Å². The van der Waals surface area contributed by atoms with Crippen LogP contribution in [-0.2, 0) is 0 Å². The van der Waals surface area contributed by atoms with Crippen LogP contribution < -0.4 is 4.90 Å². The average Bonchev–Trinajstić information content (AvgIpc) is 2.93. The smallest absolute Gasteiger partial charge is 0.0541 e. The van der Waals surface area contributed by atoms with Crippen molar-refractivity contribution in [2.45, 2.75) is 13.8 Å². The van der Waals surface area contributed by atoms with Crippen LogP contribution in [0.3, 0.4) is 0 Å². The first-order valence-electron chi connectivity index (χ1n) is 29.1. The SMILES string of the molecule is Cc1cc(N(c2ccccc2)c2ccc(-n3c4ccc(-c5ccccc5-c5ccccc5)cc4c4cc(-c5ccccc5-c5ccccc5)ccc43)cc2)c(C)cc1-c1c2ccccc2c(-c2cccc(-c3ccccc3)c2)c2ccccc12. The molecule has 0 bridgehead atoms. The molecule has 1 heterocycles. The number of rotatable bonds is 11. The molecule has 15 aromatic rings. The van der Waals surface area contributed by atoms with E-state index in [0.29, 0.717) is 0 Å². The van der Waals surface area contributed by atoms with Gasteiger partial charge in [0.15, 0.2) is 0 Å². The second-order valence-corrected chi connectivity index (χ2v) is 22.1. The molecule has 0 fully saturated rings. The first-order chi connectivity index (χ1) is 41.5. The lowest BCUT2D eigenvalue weighted by molar-refractivity contribution is 1.17. The first kappa shape index (κ1) is 50.2. The maximum absolute atomic E-state index is 2.45. The van der Waals surface area contributed by atoms with Gasteiger partial charge in [-0.3, -0.25) is 0 Å². The van der Waals surface area contributed by atoms with E-state index >= 15 is 0 Å². The predicted molar refractivity (Wildman–Crippen MR) is 358 cm³/mol. The van der Waals surface area contributed by atoms with Crippen molar-refractivity contribution in [2.75, 3.05) is 4.90 Å². The summed E-state index contributed by atoms with van der Waals surface area (Å²) in [7, 11) is 0. The molecule has 1 aromatic heterocycles. The number of anilines is 3. The summed E-state index contributed by atoms with van der Waals surface area (Å²) in [5, 5.41) is 7.39. The van der Waals surface area contributed by atoms with Gasteiger partial charge in [-0.05, 0) is 203 Å². The fourth-order valence-corrected chi connectivity index (χ4v) is 13.1. The molecule has 14 aromatic carbocycles. The average molecular weight is 1070 g/mol. The lowest BCUT2D eigenvalue weighted by Gasteiger charge is -2.29. The zero-order valence-electron chi connectivity index (χ0n) is 46.9. The Morgan fingerprint density at radius 2 is 0.643 bits per heavy atom. The molecule has 15 rings (SSSR count). The van der Waals surface area contributed by atoms with Gasteiger partial charge in [0.25, 0.3) is 0 Å². The third kappa shape index (κ3) is 8.84. The molecule has 0 radical (unpaired) electrons. The van der Waals surface area contributed by atoms with Crippen LogP contribution in [0.25, 0.3) is 127 Å². The van der Waals surface area contributed by atoms with Crippen molar-refractivity contribution in [3.8, 4) is 83.6 Å². The Kier molecular flexibility index (Phi) is 12.7. The van der Waals surface area contributed by atoms with E-state index in [1.807, 2.05) is 0 Å². The molecule has 2 heteroatoms. The van der Waals surface area contributed by atoms with Gasteiger partial charge < -0.3 is 9.47 Å². The van der Waals surface area contributed by atoms with E-state index in [1.54, 1.807) is 0 Å².